The van der Waals surface area contributed by atoms with E-state index in [-0.39, 0.29) is 18.2 Å². The second-order valence-corrected chi connectivity index (χ2v) is 7.94. The minimum absolute atomic E-state index is 0.0849. The average molecular weight is 377 g/mol. The monoisotopic (exact) mass is 377 g/mol. The zero-order valence-electron chi connectivity index (χ0n) is 14.8. The summed E-state index contributed by atoms with van der Waals surface area (Å²) in [5.41, 5.74) is 4.28. The van der Waals surface area contributed by atoms with Crippen molar-refractivity contribution >= 4 is 44.7 Å². The van der Waals surface area contributed by atoms with Crippen molar-refractivity contribution in [2.75, 3.05) is 16.8 Å². The predicted molar refractivity (Wildman–Crippen MR) is 107 cm³/mol. The van der Waals surface area contributed by atoms with E-state index in [9.17, 15) is 9.59 Å². The van der Waals surface area contributed by atoms with Gasteiger partial charge in [0, 0.05) is 29.4 Å². The van der Waals surface area contributed by atoms with Crippen molar-refractivity contribution in [1.82, 2.24) is 4.98 Å². The quantitative estimate of drug-likeness (QED) is 0.754. The molecule has 1 aliphatic heterocycles. The standard InChI is InChI=1S/C21H19N3O2S/c25-18(11-15-12-27-21(22-15)24-10-2-5-19(24)26)23-17-9-8-14-7-6-13-3-1-4-16(17)20(13)14/h1,3-4,8-9,12H,2,5-7,10-11H2,(H,23,25). The summed E-state index contributed by atoms with van der Waals surface area (Å²) in [6.45, 7) is 0.721. The summed E-state index contributed by atoms with van der Waals surface area (Å²) in [5, 5.41) is 8.02. The van der Waals surface area contributed by atoms with E-state index in [1.54, 1.807) is 4.90 Å². The molecule has 2 aromatic carbocycles. The molecule has 0 spiro atoms. The Morgan fingerprint density at radius 2 is 2.00 bits per heavy atom. The molecule has 5 nitrogen and oxygen atoms in total. The van der Waals surface area contributed by atoms with Crippen LogP contribution in [0, 0.1) is 0 Å². The SMILES string of the molecule is O=C(Cc1csc(N2CCCC2=O)n1)Nc1ccc2c3c(cccc13)CC2. The van der Waals surface area contributed by atoms with Crippen molar-refractivity contribution in [1.29, 1.82) is 0 Å². The van der Waals surface area contributed by atoms with Crippen LogP contribution in [0.4, 0.5) is 10.8 Å². The number of benzene rings is 2. The van der Waals surface area contributed by atoms with Gasteiger partial charge in [0.25, 0.3) is 0 Å². The number of carbonyl (C=O) groups excluding carboxylic acids is 2. The van der Waals surface area contributed by atoms with Gasteiger partial charge in [-0.05, 0) is 41.8 Å². The normalized spacial score (nSPS) is 15.7. The van der Waals surface area contributed by atoms with Crippen LogP contribution in [-0.4, -0.2) is 23.3 Å². The number of aromatic nitrogens is 1. The molecule has 2 heterocycles. The maximum absolute atomic E-state index is 12.6. The first kappa shape index (κ1) is 16.4. The first-order valence-corrected chi connectivity index (χ1v) is 10.1. The lowest BCUT2D eigenvalue weighted by Gasteiger charge is -2.11. The van der Waals surface area contributed by atoms with Gasteiger partial charge in [0.15, 0.2) is 5.13 Å². The molecule has 136 valence electrons. The molecule has 1 fully saturated rings. The van der Waals surface area contributed by atoms with Gasteiger partial charge in [0.05, 0.1) is 12.1 Å². The van der Waals surface area contributed by atoms with E-state index in [4.69, 9.17) is 0 Å². The van der Waals surface area contributed by atoms with Gasteiger partial charge in [-0.25, -0.2) is 4.98 Å². The molecular formula is C21H19N3O2S. The molecular weight excluding hydrogens is 358 g/mol. The average Bonchev–Trinajstić information content (AvgIpc) is 3.38. The molecule has 1 saturated heterocycles. The Hall–Kier alpha value is -2.73. The van der Waals surface area contributed by atoms with Crippen LogP contribution < -0.4 is 10.2 Å². The van der Waals surface area contributed by atoms with E-state index in [1.165, 1.54) is 27.8 Å². The number of thiazole rings is 1. The Kier molecular flexibility index (Phi) is 3.93. The van der Waals surface area contributed by atoms with E-state index in [0.29, 0.717) is 17.2 Å². The Bertz CT molecular complexity index is 1060. The molecule has 2 amide bonds. The highest BCUT2D eigenvalue weighted by atomic mass is 32.1. The second kappa shape index (κ2) is 6.46. The molecule has 27 heavy (non-hydrogen) atoms. The summed E-state index contributed by atoms with van der Waals surface area (Å²) < 4.78 is 0. The van der Waals surface area contributed by atoms with Crippen LogP contribution in [-0.2, 0) is 28.9 Å². The number of aryl methyl sites for hydroxylation is 2. The molecule has 0 radical (unpaired) electrons. The number of nitrogens with zero attached hydrogens (tertiary/aromatic N) is 2. The third-order valence-electron chi connectivity index (χ3n) is 5.34. The Morgan fingerprint density at radius 1 is 1.15 bits per heavy atom. The van der Waals surface area contributed by atoms with Crippen molar-refractivity contribution in [2.24, 2.45) is 0 Å². The lowest BCUT2D eigenvalue weighted by Crippen LogP contribution is -2.23. The molecule has 1 N–H and O–H groups in total. The molecule has 6 heteroatoms. The lowest BCUT2D eigenvalue weighted by molar-refractivity contribution is -0.117. The smallest absolute Gasteiger partial charge is 0.230 e. The summed E-state index contributed by atoms with van der Waals surface area (Å²) in [6, 6.07) is 10.4. The topological polar surface area (TPSA) is 62.3 Å². The predicted octanol–water partition coefficient (Wildman–Crippen LogP) is 3.70. The lowest BCUT2D eigenvalue weighted by atomic mass is 10.0. The van der Waals surface area contributed by atoms with E-state index in [1.807, 2.05) is 11.4 Å². The number of nitrogens with one attached hydrogen (secondary N) is 1. The summed E-state index contributed by atoms with van der Waals surface area (Å²) in [5.74, 6) is 0.0338. The van der Waals surface area contributed by atoms with Crippen molar-refractivity contribution < 1.29 is 9.59 Å². The van der Waals surface area contributed by atoms with Gasteiger partial charge in [0.2, 0.25) is 11.8 Å². The highest BCUT2D eigenvalue weighted by molar-refractivity contribution is 7.14. The number of hydrogen-bond donors (Lipinski definition) is 1. The summed E-state index contributed by atoms with van der Waals surface area (Å²) in [4.78, 5) is 30.6. The first-order valence-electron chi connectivity index (χ1n) is 9.27. The second-order valence-electron chi connectivity index (χ2n) is 7.11. The Labute approximate surface area is 161 Å². The van der Waals surface area contributed by atoms with Crippen LogP contribution in [0.25, 0.3) is 10.8 Å². The van der Waals surface area contributed by atoms with Gasteiger partial charge >= 0.3 is 0 Å². The maximum atomic E-state index is 12.6. The number of carbonyl (C=O) groups is 2. The van der Waals surface area contributed by atoms with Crippen LogP contribution in [0.5, 0.6) is 0 Å². The molecule has 0 saturated carbocycles. The van der Waals surface area contributed by atoms with Crippen molar-refractivity contribution in [3.05, 3.63) is 52.5 Å². The van der Waals surface area contributed by atoms with Crippen molar-refractivity contribution in [3.8, 4) is 0 Å². The van der Waals surface area contributed by atoms with Gasteiger partial charge in [-0.1, -0.05) is 24.3 Å². The summed E-state index contributed by atoms with van der Waals surface area (Å²) >= 11 is 1.43. The van der Waals surface area contributed by atoms with Gasteiger partial charge in [0.1, 0.15) is 0 Å². The zero-order chi connectivity index (χ0) is 18.4. The number of rotatable bonds is 4. The van der Waals surface area contributed by atoms with Crippen molar-refractivity contribution in [3.63, 3.8) is 0 Å². The van der Waals surface area contributed by atoms with Crippen LogP contribution in [0.2, 0.25) is 0 Å². The molecule has 1 aromatic heterocycles. The van der Waals surface area contributed by atoms with E-state index in [0.717, 1.165) is 36.9 Å². The minimum atomic E-state index is -0.0849. The third-order valence-corrected chi connectivity index (χ3v) is 6.25. The molecule has 0 bridgehead atoms. The van der Waals surface area contributed by atoms with Gasteiger partial charge in [-0.15, -0.1) is 11.3 Å². The largest absolute Gasteiger partial charge is 0.325 e. The minimum Gasteiger partial charge on any atom is -0.325 e. The maximum Gasteiger partial charge on any atom is 0.230 e. The third kappa shape index (κ3) is 2.90. The van der Waals surface area contributed by atoms with Crippen molar-refractivity contribution in [2.45, 2.75) is 32.1 Å². The Morgan fingerprint density at radius 3 is 2.81 bits per heavy atom. The fourth-order valence-corrected chi connectivity index (χ4v) is 4.93. The highest BCUT2D eigenvalue weighted by Gasteiger charge is 2.24. The molecule has 2 aliphatic rings. The fourth-order valence-electron chi connectivity index (χ4n) is 4.07. The highest BCUT2D eigenvalue weighted by Crippen LogP contribution is 2.35. The van der Waals surface area contributed by atoms with Gasteiger partial charge in [-0.3, -0.25) is 14.5 Å². The number of amides is 2. The van der Waals surface area contributed by atoms with Crippen LogP contribution >= 0.6 is 11.3 Å². The number of hydrogen-bond acceptors (Lipinski definition) is 4. The first-order chi connectivity index (χ1) is 13.2. The fraction of sp³-hybridized carbons (Fsp3) is 0.286. The van der Waals surface area contributed by atoms with E-state index < -0.39 is 0 Å². The van der Waals surface area contributed by atoms with E-state index >= 15 is 0 Å². The molecule has 3 aromatic rings. The summed E-state index contributed by atoms with van der Waals surface area (Å²) in [7, 11) is 0. The summed E-state index contributed by atoms with van der Waals surface area (Å²) in [6.07, 6.45) is 3.81. The molecule has 0 atom stereocenters. The zero-order valence-corrected chi connectivity index (χ0v) is 15.6. The van der Waals surface area contributed by atoms with Gasteiger partial charge < -0.3 is 5.32 Å². The van der Waals surface area contributed by atoms with Crippen LogP contribution in [0.1, 0.15) is 29.7 Å². The Balaban J connectivity index is 1.34. The molecule has 1 aliphatic carbocycles. The van der Waals surface area contributed by atoms with Gasteiger partial charge in [-0.2, -0.15) is 0 Å². The molecule has 5 rings (SSSR count). The molecule has 0 unspecified atom stereocenters. The number of anilines is 2. The van der Waals surface area contributed by atoms with Crippen LogP contribution in [0.15, 0.2) is 35.7 Å². The van der Waals surface area contributed by atoms with E-state index in [2.05, 4.69) is 34.6 Å². The van der Waals surface area contributed by atoms with Crippen LogP contribution in [0.3, 0.4) is 0 Å².